The number of rotatable bonds is 5. The Morgan fingerprint density at radius 2 is 1.71 bits per heavy atom. The molecule has 1 amide bonds. The Labute approximate surface area is 171 Å². The smallest absolute Gasteiger partial charge is 0.228 e. The van der Waals surface area contributed by atoms with Crippen LogP contribution in [0.3, 0.4) is 0 Å². The van der Waals surface area contributed by atoms with Crippen LogP contribution in [0.2, 0.25) is 5.15 Å². The minimum absolute atomic E-state index is 0.0566. The minimum Gasteiger partial charge on any atom is -0.343 e. The van der Waals surface area contributed by atoms with Crippen LogP contribution in [0, 0.1) is 0 Å². The fourth-order valence-corrected chi connectivity index (χ4v) is 3.44. The quantitative estimate of drug-likeness (QED) is 0.622. The zero-order valence-electron chi connectivity index (χ0n) is 17.2. The maximum Gasteiger partial charge on any atom is 0.228 e. The molecule has 0 saturated heterocycles. The van der Waals surface area contributed by atoms with Gasteiger partial charge in [-0.3, -0.25) is 4.79 Å². The molecule has 2 heterocycles. The number of amides is 1. The van der Waals surface area contributed by atoms with Gasteiger partial charge in [0, 0.05) is 18.7 Å². The first-order chi connectivity index (χ1) is 13.2. The summed E-state index contributed by atoms with van der Waals surface area (Å²) in [5, 5.41) is 4.76. The van der Waals surface area contributed by atoms with Gasteiger partial charge in [-0.15, -0.1) is 0 Å². The summed E-state index contributed by atoms with van der Waals surface area (Å²) in [5.74, 6) is 0.0566. The van der Waals surface area contributed by atoms with Crippen LogP contribution in [0.4, 0.5) is 0 Å². The van der Waals surface area contributed by atoms with E-state index in [4.69, 9.17) is 16.6 Å². The second-order valence-electron chi connectivity index (χ2n) is 7.90. The SMILES string of the molecule is CCN(CC)C(=O)Cc1c(-c2ccc(C(C)(C)C)cc2)nc2ccc(Cl)nn12. The molecule has 3 aromatic rings. The summed E-state index contributed by atoms with van der Waals surface area (Å²) < 4.78 is 1.69. The molecular weight excluding hydrogens is 372 g/mol. The number of likely N-dealkylation sites (N-methyl/N-ethyl adjacent to an activating group) is 1. The maximum atomic E-state index is 12.8. The molecule has 0 saturated carbocycles. The van der Waals surface area contributed by atoms with Gasteiger partial charge in [-0.05, 0) is 37.0 Å². The molecule has 2 aromatic heterocycles. The molecule has 28 heavy (non-hydrogen) atoms. The molecule has 1 aromatic carbocycles. The minimum atomic E-state index is 0.0566. The summed E-state index contributed by atoms with van der Waals surface area (Å²) in [6.45, 7) is 11.9. The highest BCUT2D eigenvalue weighted by molar-refractivity contribution is 6.29. The summed E-state index contributed by atoms with van der Waals surface area (Å²) in [6, 6.07) is 11.9. The number of nitrogens with zero attached hydrogens (tertiary/aromatic N) is 4. The average molecular weight is 399 g/mol. The van der Waals surface area contributed by atoms with Crippen molar-refractivity contribution in [3.63, 3.8) is 0 Å². The van der Waals surface area contributed by atoms with E-state index >= 15 is 0 Å². The van der Waals surface area contributed by atoms with E-state index in [1.54, 1.807) is 10.6 Å². The lowest BCUT2D eigenvalue weighted by atomic mass is 9.86. The first kappa shape index (κ1) is 20.3. The van der Waals surface area contributed by atoms with Gasteiger partial charge in [0.15, 0.2) is 5.65 Å². The van der Waals surface area contributed by atoms with Gasteiger partial charge in [-0.1, -0.05) is 56.6 Å². The van der Waals surface area contributed by atoms with E-state index in [0.29, 0.717) is 23.9 Å². The monoisotopic (exact) mass is 398 g/mol. The number of aromatic nitrogens is 3. The molecular formula is C22H27ClN4O. The van der Waals surface area contributed by atoms with Gasteiger partial charge in [-0.2, -0.15) is 5.10 Å². The average Bonchev–Trinajstić information content (AvgIpc) is 3.00. The fourth-order valence-electron chi connectivity index (χ4n) is 3.31. The predicted molar refractivity (Wildman–Crippen MR) is 114 cm³/mol. The molecule has 0 fully saturated rings. The summed E-state index contributed by atoms with van der Waals surface area (Å²) >= 11 is 6.12. The van der Waals surface area contributed by atoms with Crippen molar-refractivity contribution in [3.8, 4) is 11.3 Å². The lowest BCUT2D eigenvalue weighted by Gasteiger charge is -2.19. The summed E-state index contributed by atoms with van der Waals surface area (Å²) in [7, 11) is 0. The zero-order valence-corrected chi connectivity index (χ0v) is 17.9. The Morgan fingerprint density at radius 3 is 2.29 bits per heavy atom. The lowest BCUT2D eigenvalue weighted by Crippen LogP contribution is -2.32. The number of fused-ring (bicyclic) bond motifs is 1. The summed E-state index contributed by atoms with van der Waals surface area (Å²) in [4.78, 5) is 19.4. The molecule has 0 aliphatic rings. The van der Waals surface area contributed by atoms with Crippen molar-refractivity contribution in [2.24, 2.45) is 0 Å². The van der Waals surface area contributed by atoms with Crippen molar-refractivity contribution in [3.05, 3.63) is 52.8 Å². The van der Waals surface area contributed by atoms with E-state index in [1.165, 1.54) is 5.56 Å². The first-order valence-corrected chi connectivity index (χ1v) is 10.0. The standard InChI is InChI=1S/C22H27ClN4O/c1-6-26(7-2)20(28)14-17-21(24-19-13-12-18(23)25-27(17)19)15-8-10-16(11-9-15)22(3,4)5/h8-13H,6-7,14H2,1-5H3. The van der Waals surface area contributed by atoms with Gasteiger partial charge < -0.3 is 4.90 Å². The van der Waals surface area contributed by atoms with Gasteiger partial charge in [0.05, 0.1) is 17.8 Å². The molecule has 0 spiro atoms. The third-order valence-corrected chi connectivity index (χ3v) is 5.20. The van der Waals surface area contributed by atoms with Crippen molar-refractivity contribution < 1.29 is 4.79 Å². The van der Waals surface area contributed by atoms with Crippen LogP contribution in [0.25, 0.3) is 16.9 Å². The topological polar surface area (TPSA) is 50.5 Å². The summed E-state index contributed by atoms with van der Waals surface area (Å²) in [6.07, 6.45) is 0.229. The van der Waals surface area contributed by atoms with Gasteiger partial charge in [0.2, 0.25) is 5.91 Å². The lowest BCUT2D eigenvalue weighted by molar-refractivity contribution is -0.130. The molecule has 0 aliphatic heterocycles. The number of hydrogen-bond donors (Lipinski definition) is 0. The Kier molecular flexibility index (Phi) is 5.75. The highest BCUT2D eigenvalue weighted by Gasteiger charge is 2.21. The molecule has 0 atom stereocenters. The van der Waals surface area contributed by atoms with Crippen LogP contribution >= 0.6 is 11.6 Å². The number of imidazole rings is 1. The van der Waals surface area contributed by atoms with Crippen molar-refractivity contribution >= 4 is 23.2 Å². The Balaban J connectivity index is 2.10. The van der Waals surface area contributed by atoms with Crippen LogP contribution in [0.15, 0.2) is 36.4 Å². The Bertz CT molecular complexity index is 982. The fraction of sp³-hybridized carbons (Fsp3) is 0.409. The number of carbonyl (C=O) groups is 1. The van der Waals surface area contributed by atoms with Crippen molar-refractivity contribution in [2.45, 2.75) is 46.5 Å². The molecule has 6 heteroatoms. The molecule has 0 radical (unpaired) electrons. The van der Waals surface area contributed by atoms with Crippen LogP contribution in [0.1, 0.15) is 45.9 Å². The second kappa shape index (κ2) is 7.92. The van der Waals surface area contributed by atoms with E-state index in [0.717, 1.165) is 17.0 Å². The highest BCUT2D eigenvalue weighted by atomic mass is 35.5. The van der Waals surface area contributed by atoms with E-state index in [-0.39, 0.29) is 17.7 Å². The molecule has 0 unspecified atom stereocenters. The number of benzene rings is 1. The van der Waals surface area contributed by atoms with Gasteiger partial charge in [-0.25, -0.2) is 9.50 Å². The normalized spacial score (nSPS) is 11.8. The van der Waals surface area contributed by atoms with Crippen LogP contribution in [-0.4, -0.2) is 38.5 Å². The van der Waals surface area contributed by atoms with E-state index in [1.807, 2.05) is 24.8 Å². The molecule has 0 bridgehead atoms. The molecule has 0 N–H and O–H groups in total. The van der Waals surface area contributed by atoms with Crippen LogP contribution in [-0.2, 0) is 16.6 Å². The zero-order chi connectivity index (χ0) is 20.5. The third kappa shape index (κ3) is 4.04. The summed E-state index contributed by atoms with van der Waals surface area (Å²) in [5.41, 5.74) is 4.52. The van der Waals surface area contributed by atoms with Crippen molar-refractivity contribution in [2.75, 3.05) is 13.1 Å². The van der Waals surface area contributed by atoms with Crippen LogP contribution < -0.4 is 0 Å². The van der Waals surface area contributed by atoms with Crippen LogP contribution in [0.5, 0.6) is 0 Å². The largest absolute Gasteiger partial charge is 0.343 e. The third-order valence-electron chi connectivity index (χ3n) is 5.00. The molecule has 3 rings (SSSR count). The second-order valence-corrected chi connectivity index (χ2v) is 8.29. The number of halogens is 1. The number of hydrogen-bond acceptors (Lipinski definition) is 3. The maximum absolute atomic E-state index is 12.8. The molecule has 5 nitrogen and oxygen atoms in total. The predicted octanol–water partition coefficient (Wildman–Crippen LogP) is 4.76. The van der Waals surface area contributed by atoms with Gasteiger partial charge >= 0.3 is 0 Å². The van der Waals surface area contributed by atoms with E-state index < -0.39 is 0 Å². The Morgan fingerprint density at radius 1 is 1.07 bits per heavy atom. The van der Waals surface area contributed by atoms with Crippen molar-refractivity contribution in [1.82, 2.24) is 19.5 Å². The highest BCUT2D eigenvalue weighted by Crippen LogP contribution is 2.29. The van der Waals surface area contributed by atoms with E-state index in [2.05, 4.69) is 50.1 Å². The number of carbonyl (C=O) groups excluding carboxylic acids is 1. The van der Waals surface area contributed by atoms with Crippen molar-refractivity contribution in [1.29, 1.82) is 0 Å². The first-order valence-electron chi connectivity index (χ1n) is 9.67. The Hall–Kier alpha value is -2.40. The van der Waals surface area contributed by atoms with E-state index in [9.17, 15) is 4.79 Å². The van der Waals surface area contributed by atoms with Gasteiger partial charge in [0.25, 0.3) is 0 Å². The molecule has 148 valence electrons. The van der Waals surface area contributed by atoms with Gasteiger partial charge in [0.1, 0.15) is 5.15 Å². The molecule has 0 aliphatic carbocycles.